The molecule has 0 radical (unpaired) electrons. The average Bonchev–Trinajstić information content (AvgIpc) is 1.97. The van der Waals surface area contributed by atoms with Gasteiger partial charge in [-0.15, -0.1) is 0 Å². The van der Waals surface area contributed by atoms with Crippen molar-refractivity contribution in [3.8, 4) is 0 Å². The number of rotatable bonds is 3. The molecule has 0 aliphatic heterocycles. The summed E-state index contributed by atoms with van der Waals surface area (Å²) in [5, 5.41) is 12.8. The van der Waals surface area contributed by atoms with Crippen LogP contribution in [0.2, 0.25) is 0 Å². The Balaban J connectivity index is 3.71. The zero-order valence-electron chi connectivity index (χ0n) is 8.82. The first-order valence-corrected chi connectivity index (χ1v) is 4.37. The third kappa shape index (κ3) is 7.31. The summed E-state index contributed by atoms with van der Waals surface area (Å²) < 4.78 is 0. The molecule has 1 amide bonds. The smallest absolute Gasteiger partial charge is 0.239 e. The number of likely N-dealkylation sites (N-methyl/N-ethyl adjacent to an activating group) is 1. The summed E-state index contributed by atoms with van der Waals surface area (Å²) in [4.78, 5) is 10.8. The first-order chi connectivity index (χ1) is 5.85. The van der Waals surface area contributed by atoms with Crippen LogP contribution in [0.4, 0.5) is 0 Å². The van der Waals surface area contributed by atoms with E-state index in [1.807, 2.05) is 0 Å². The Hall–Kier alpha value is -1.06. The Bertz CT molecular complexity index is 194. The van der Waals surface area contributed by atoms with E-state index in [1.165, 1.54) is 0 Å². The molecular formula is C9H19N3O. The first kappa shape index (κ1) is 11.9. The Morgan fingerprint density at radius 1 is 1.38 bits per heavy atom. The normalized spacial score (nSPS) is 10.8. The molecule has 0 aromatic carbocycles. The van der Waals surface area contributed by atoms with Crippen LogP contribution < -0.4 is 10.6 Å². The van der Waals surface area contributed by atoms with Crippen molar-refractivity contribution < 1.29 is 4.79 Å². The number of hydrogen-bond acceptors (Lipinski definition) is 2. The van der Waals surface area contributed by atoms with Gasteiger partial charge < -0.3 is 10.6 Å². The second-order valence-corrected chi connectivity index (χ2v) is 4.24. The lowest BCUT2D eigenvalue weighted by atomic mass is 9.92. The molecule has 0 rings (SSSR count). The lowest BCUT2D eigenvalue weighted by molar-refractivity contribution is -0.119. The highest BCUT2D eigenvalue weighted by molar-refractivity contribution is 5.86. The van der Waals surface area contributed by atoms with Crippen LogP contribution in [0.15, 0.2) is 0 Å². The van der Waals surface area contributed by atoms with Gasteiger partial charge >= 0.3 is 0 Å². The van der Waals surface area contributed by atoms with Crippen LogP contribution in [0.25, 0.3) is 0 Å². The van der Waals surface area contributed by atoms with Gasteiger partial charge in [0.05, 0.1) is 12.4 Å². The summed E-state index contributed by atoms with van der Waals surface area (Å²) in [7, 11) is 1.58. The van der Waals surface area contributed by atoms with E-state index in [2.05, 4.69) is 31.4 Å². The van der Waals surface area contributed by atoms with E-state index in [4.69, 9.17) is 5.41 Å². The summed E-state index contributed by atoms with van der Waals surface area (Å²) in [5.74, 6) is 0.315. The highest BCUT2D eigenvalue weighted by Crippen LogP contribution is 2.17. The van der Waals surface area contributed by atoms with Crippen molar-refractivity contribution >= 4 is 11.7 Å². The molecule has 0 aromatic rings. The van der Waals surface area contributed by atoms with E-state index in [9.17, 15) is 4.79 Å². The van der Waals surface area contributed by atoms with Crippen molar-refractivity contribution in [2.45, 2.75) is 27.2 Å². The molecule has 0 bridgehead atoms. The maximum atomic E-state index is 10.8. The fourth-order valence-corrected chi connectivity index (χ4v) is 0.868. The Kier molecular flexibility index (Phi) is 4.45. The predicted octanol–water partition coefficient (Wildman–Crippen LogP) is 0.735. The second kappa shape index (κ2) is 4.84. The molecule has 4 nitrogen and oxygen atoms in total. The number of carbonyl (C=O) groups excluding carboxylic acids is 1. The zero-order valence-corrected chi connectivity index (χ0v) is 8.82. The van der Waals surface area contributed by atoms with Gasteiger partial charge in [0, 0.05) is 13.5 Å². The number of hydrogen-bond donors (Lipinski definition) is 3. The molecule has 76 valence electrons. The van der Waals surface area contributed by atoms with Gasteiger partial charge in [0.25, 0.3) is 0 Å². The Labute approximate surface area is 79.6 Å². The van der Waals surface area contributed by atoms with Gasteiger partial charge in [-0.1, -0.05) is 20.8 Å². The van der Waals surface area contributed by atoms with Crippen molar-refractivity contribution in [3.63, 3.8) is 0 Å². The third-order valence-electron chi connectivity index (χ3n) is 1.45. The molecule has 0 aromatic heterocycles. The highest BCUT2D eigenvalue weighted by atomic mass is 16.1. The summed E-state index contributed by atoms with van der Waals surface area (Å²) in [6.07, 6.45) is 0.657. The van der Waals surface area contributed by atoms with Crippen LogP contribution >= 0.6 is 0 Å². The van der Waals surface area contributed by atoms with Gasteiger partial charge in [-0.05, 0) is 5.41 Å². The van der Waals surface area contributed by atoms with E-state index in [0.29, 0.717) is 12.3 Å². The van der Waals surface area contributed by atoms with Gasteiger partial charge in [0.2, 0.25) is 5.91 Å². The Morgan fingerprint density at radius 2 is 1.92 bits per heavy atom. The summed E-state index contributed by atoms with van der Waals surface area (Å²) in [6, 6.07) is 0. The van der Waals surface area contributed by atoms with Crippen LogP contribution in [-0.2, 0) is 4.79 Å². The summed E-state index contributed by atoms with van der Waals surface area (Å²) >= 11 is 0. The van der Waals surface area contributed by atoms with Crippen LogP contribution in [0, 0.1) is 10.8 Å². The predicted molar refractivity (Wildman–Crippen MR) is 53.9 cm³/mol. The summed E-state index contributed by atoms with van der Waals surface area (Å²) in [6.45, 7) is 6.36. The zero-order chi connectivity index (χ0) is 10.5. The van der Waals surface area contributed by atoms with Gasteiger partial charge in [-0.3, -0.25) is 10.2 Å². The van der Waals surface area contributed by atoms with Gasteiger partial charge in [0.15, 0.2) is 0 Å². The number of nitrogens with one attached hydrogen (secondary N) is 3. The standard InChI is InChI=1S/C9H19N3O/c1-9(2,3)5-7(10)12-6-8(13)11-4/h5-6H2,1-4H3,(H2,10,12)(H,11,13). The molecule has 0 saturated carbocycles. The minimum absolute atomic E-state index is 0.0901. The van der Waals surface area contributed by atoms with Crippen molar-refractivity contribution in [1.82, 2.24) is 10.6 Å². The highest BCUT2D eigenvalue weighted by Gasteiger charge is 2.13. The van der Waals surface area contributed by atoms with Crippen molar-refractivity contribution in [2.24, 2.45) is 5.41 Å². The van der Waals surface area contributed by atoms with E-state index in [0.717, 1.165) is 0 Å². The minimum Gasteiger partial charge on any atom is -0.365 e. The maximum Gasteiger partial charge on any atom is 0.239 e. The maximum absolute atomic E-state index is 10.8. The molecule has 0 unspecified atom stereocenters. The SMILES string of the molecule is CNC(=O)CNC(=N)CC(C)(C)C. The van der Waals surface area contributed by atoms with Crippen LogP contribution in [-0.4, -0.2) is 25.3 Å². The molecule has 4 heteroatoms. The molecule has 0 aliphatic carbocycles. The molecule has 0 saturated heterocycles. The first-order valence-electron chi connectivity index (χ1n) is 4.37. The molecular weight excluding hydrogens is 166 g/mol. The number of amidine groups is 1. The molecule has 0 fully saturated rings. The number of carbonyl (C=O) groups is 1. The Morgan fingerprint density at radius 3 is 2.31 bits per heavy atom. The lowest BCUT2D eigenvalue weighted by Gasteiger charge is -2.18. The van der Waals surface area contributed by atoms with Crippen LogP contribution in [0.1, 0.15) is 27.2 Å². The van der Waals surface area contributed by atoms with Crippen molar-refractivity contribution in [3.05, 3.63) is 0 Å². The molecule has 13 heavy (non-hydrogen) atoms. The van der Waals surface area contributed by atoms with E-state index < -0.39 is 0 Å². The summed E-state index contributed by atoms with van der Waals surface area (Å²) in [5.41, 5.74) is 0.0901. The van der Waals surface area contributed by atoms with Gasteiger partial charge in [0.1, 0.15) is 0 Å². The molecule has 0 heterocycles. The molecule has 0 atom stereocenters. The molecule has 0 aliphatic rings. The second-order valence-electron chi connectivity index (χ2n) is 4.24. The van der Waals surface area contributed by atoms with Gasteiger partial charge in [-0.2, -0.15) is 0 Å². The quantitative estimate of drug-likeness (QED) is 0.448. The topological polar surface area (TPSA) is 65.0 Å². The third-order valence-corrected chi connectivity index (χ3v) is 1.45. The minimum atomic E-state index is -0.0985. The molecule has 3 N–H and O–H groups in total. The van der Waals surface area contributed by atoms with Crippen molar-refractivity contribution in [1.29, 1.82) is 5.41 Å². The van der Waals surface area contributed by atoms with Crippen LogP contribution in [0.3, 0.4) is 0 Å². The fourth-order valence-electron chi connectivity index (χ4n) is 0.868. The fraction of sp³-hybridized carbons (Fsp3) is 0.778. The van der Waals surface area contributed by atoms with Gasteiger partial charge in [-0.25, -0.2) is 0 Å². The monoisotopic (exact) mass is 185 g/mol. The number of amides is 1. The molecule has 0 spiro atoms. The lowest BCUT2D eigenvalue weighted by Crippen LogP contribution is -2.36. The van der Waals surface area contributed by atoms with E-state index >= 15 is 0 Å². The van der Waals surface area contributed by atoms with E-state index in [-0.39, 0.29) is 17.9 Å². The average molecular weight is 185 g/mol. The van der Waals surface area contributed by atoms with Crippen LogP contribution in [0.5, 0.6) is 0 Å². The largest absolute Gasteiger partial charge is 0.365 e. The van der Waals surface area contributed by atoms with Crippen molar-refractivity contribution in [2.75, 3.05) is 13.6 Å². The van der Waals surface area contributed by atoms with E-state index in [1.54, 1.807) is 7.05 Å².